The SMILES string of the molecule is CC1(C)CCCC1NCC(=O)NC1CCCC1. The smallest absolute Gasteiger partial charge is 0.234 e. The minimum absolute atomic E-state index is 0.180. The lowest BCUT2D eigenvalue weighted by Gasteiger charge is -2.28. The summed E-state index contributed by atoms with van der Waals surface area (Å²) >= 11 is 0. The van der Waals surface area contributed by atoms with E-state index in [2.05, 4.69) is 24.5 Å². The molecule has 1 unspecified atom stereocenters. The summed E-state index contributed by atoms with van der Waals surface area (Å²) in [5.41, 5.74) is 0.355. The second-order valence-corrected chi connectivity index (χ2v) is 6.36. The van der Waals surface area contributed by atoms with Crippen LogP contribution in [0.5, 0.6) is 0 Å². The Bertz CT molecular complexity index is 269. The zero-order valence-electron chi connectivity index (χ0n) is 11.2. The van der Waals surface area contributed by atoms with Crippen LogP contribution in [0.2, 0.25) is 0 Å². The zero-order chi connectivity index (χ0) is 12.3. The van der Waals surface area contributed by atoms with Gasteiger partial charge in [0, 0.05) is 12.1 Å². The summed E-state index contributed by atoms with van der Waals surface area (Å²) in [5, 5.41) is 6.56. The third-order valence-corrected chi connectivity index (χ3v) is 4.49. The van der Waals surface area contributed by atoms with E-state index in [0.717, 1.165) is 0 Å². The zero-order valence-corrected chi connectivity index (χ0v) is 11.2. The first kappa shape index (κ1) is 12.9. The lowest BCUT2D eigenvalue weighted by Crippen LogP contribution is -2.45. The van der Waals surface area contributed by atoms with E-state index in [0.29, 0.717) is 24.0 Å². The minimum Gasteiger partial charge on any atom is -0.352 e. The Morgan fingerprint density at radius 2 is 1.88 bits per heavy atom. The van der Waals surface area contributed by atoms with Gasteiger partial charge in [0.1, 0.15) is 0 Å². The van der Waals surface area contributed by atoms with Crippen LogP contribution in [0.4, 0.5) is 0 Å². The maximum atomic E-state index is 11.8. The van der Waals surface area contributed by atoms with Crippen LogP contribution in [0.1, 0.15) is 58.8 Å². The second-order valence-electron chi connectivity index (χ2n) is 6.36. The average Bonchev–Trinajstić information content (AvgIpc) is 2.85. The number of carbonyl (C=O) groups is 1. The Balaban J connectivity index is 1.68. The molecule has 0 aromatic rings. The molecule has 2 saturated carbocycles. The molecule has 0 spiro atoms. The summed E-state index contributed by atoms with van der Waals surface area (Å²) in [4.78, 5) is 11.8. The Morgan fingerprint density at radius 3 is 2.47 bits per heavy atom. The van der Waals surface area contributed by atoms with Gasteiger partial charge in [-0.15, -0.1) is 0 Å². The number of hydrogen-bond donors (Lipinski definition) is 2. The fourth-order valence-corrected chi connectivity index (χ4v) is 3.27. The highest BCUT2D eigenvalue weighted by molar-refractivity contribution is 5.78. The van der Waals surface area contributed by atoms with Gasteiger partial charge < -0.3 is 10.6 Å². The van der Waals surface area contributed by atoms with E-state index >= 15 is 0 Å². The summed E-state index contributed by atoms with van der Waals surface area (Å²) in [6, 6.07) is 0.956. The molecule has 0 aromatic heterocycles. The van der Waals surface area contributed by atoms with Gasteiger partial charge in [-0.3, -0.25) is 4.79 Å². The monoisotopic (exact) mass is 238 g/mol. The Morgan fingerprint density at radius 1 is 1.18 bits per heavy atom. The summed E-state index contributed by atoms with van der Waals surface area (Å²) in [7, 11) is 0. The maximum Gasteiger partial charge on any atom is 0.234 e. The van der Waals surface area contributed by atoms with Gasteiger partial charge in [0.25, 0.3) is 0 Å². The molecule has 0 aromatic carbocycles. The molecular formula is C14H26N2O. The van der Waals surface area contributed by atoms with E-state index in [9.17, 15) is 4.79 Å². The normalized spacial score (nSPS) is 28.5. The summed E-state index contributed by atoms with van der Waals surface area (Å²) < 4.78 is 0. The standard InChI is InChI=1S/C14H26N2O/c1-14(2)9-5-8-12(14)15-10-13(17)16-11-6-3-4-7-11/h11-12,15H,3-10H2,1-2H3,(H,16,17). The number of rotatable bonds is 4. The second kappa shape index (κ2) is 5.38. The first-order valence-corrected chi connectivity index (χ1v) is 7.11. The molecule has 2 aliphatic carbocycles. The third kappa shape index (κ3) is 3.44. The van der Waals surface area contributed by atoms with Crippen LogP contribution in [0.25, 0.3) is 0 Å². The molecule has 2 fully saturated rings. The molecule has 0 radical (unpaired) electrons. The van der Waals surface area contributed by atoms with Crippen LogP contribution >= 0.6 is 0 Å². The predicted molar refractivity (Wildman–Crippen MR) is 69.8 cm³/mol. The molecule has 1 atom stereocenters. The van der Waals surface area contributed by atoms with Crippen LogP contribution < -0.4 is 10.6 Å². The average molecular weight is 238 g/mol. The van der Waals surface area contributed by atoms with Crippen LogP contribution in [-0.4, -0.2) is 24.5 Å². The van der Waals surface area contributed by atoms with Crippen molar-refractivity contribution in [1.82, 2.24) is 10.6 Å². The van der Waals surface area contributed by atoms with E-state index in [1.165, 1.54) is 44.9 Å². The summed E-state index contributed by atoms with van der Waals surface area (Å²) in [6.45, 7) is 5.09. The first-order chi connectivity index (χ1) is 8.08. The number of hydrogen-bond acceptors (Lipinski definition) is 2. The molecule has 0 bridgehead atoms. The molecule has 17 heavy (non-hydrogen) atoms. The topological polar surface area (TPSA) is 41.1 Å². The van der Waals surface area contributed by atoms with Crippen molar-refractivity contribution >= 4 is 5.91 Å². The van der Waals surface area contributed by atoms with Crippen molar-refractivity contribution in [1.29, 1.82) is 0 Å². The molecule has 0 saturated heterocycles. The highest BCUT2D eigenvalue weighted by atomic mass is 16.2. The molecule has 98 valence electrons. The van der Waals surface area contributed by atoms with Gasteiger partial charge in [-0.1, -0.05) is 33.1 Å². The van der Waals surface area contributed by atoms with Crippen molar-refractivity contribution in [2.75, 3.05) is 6.54 Å². The van der Waals surface area contributed by atoms with E-state index in [-0.39, 0.29) is 5.91 Å². The predicted octanol–water partition coefficient (Wildman–Crippen LogP) is 2.21. The van der Waals surface area contributed by atoms with E-state index < -0.39 is 0 Å². The molecule has 3 heteroatoms. The summed E-state index contributed by atoms with van der Waals surface area (Å²) in [5.74, 6) is 0.180. The molecule has 2 aliphatic rings. The van der Waals surface area contributed by atoms with Gasteiger partial charge in [0.2, 0.25) is 5.91 Å². The molecular weight excluding hydrogens is 212 g/mol. The van der Waals surface area contributed by atoms with Crippen molar-refractivity contribution in [2.24, 2.45) is 5.41 Å². The van der Waals surface area contributed by atoms with Crippen molar-refractivity contribution in [2.45, 2.75) is 70.9 Å². The van der Waals surface area contributed by atoms with Crippen LogP contribution in [0.15, 0.2) is 0 Å². The van der Waals surface area contributed by atoms with Gasteiger partial charge in [-0.2, -0.15) is 0 Å². The lowest BCUT2D eigenvalue weighted by molar-refractivity contribution is -0.121. The number of carbonyl (C=O) groups excluding carboxylic acids is 1. The van der Waals surface area contributed by atoms with Gasteiger partial charge in [0.15, 0.2) is 0 Å². The minimum atomic E-state index is 0.180. The van der Waals surface area contributed by atoms with Crippen LogP contribution in [0, 0.1) is 5.41 Å². The molecule has 1 amide bonds. The van der Waals surface area contributed by atoms with Crippen molar-refractivity contribution in [3.05, 3.63) is 0 Å². The molecule has 2 N–H and O–H groups in total. The van der Waals surface area contributed by atoms with Crippen LogP contribution in [0.3, 0.4) is 0 Å². The van der Waals surface area contributed by atoms with E-state index in [1.807, 2.05) is 0 Å². The Hall–Kier alpha value is -0.570. The fraction of sp³-hybridized carbons (Fsp3) is 0.929. The number of nitrogens with one attached hydrogen (secondary N) is 2. The largest absolute Gasteiger partial charge is 0.352 e. The highest BCUT2D eigenvalue weighted by Crippen LogP contribution is 2.36. The van der Waals surface area contributed by atoms with Crippen molar-refractivity contribution in [3.63, 3.8) is 0 Å². The van der Waals surface area contributed by atoms with Gasteiger partial charge in [-0.05, 0) is 31.1 Å². The highest BCUT2D eigenvalue weighted by Gasteiger charge is 2.34. The van der Waals surface area contributed by atoms with E-state index in [1.54, 1.807) is 0 Å². The molecule has 0 heterocycles. The van der Waals surface area contributed by atoms with Crippen molar-refractivity contribution in [3.8, 4) is 0 Å². The number of amides is 1. The molecule has 3 nitrogen and oxygen atoms in total. The summed E-state index contributed by atoms with van der Waals surface area (Å²) in [6.07, 6.45) is 8.65. The first-order valence-electron chi connectivity index (χ1n) is 7.11. The van der Waals surface area contributed by atoms with Gasteiger partial charge >= 0.3 is 0 Å². The van der Waals surface area contributed by atoms with Gasteiger partial charge in [-0.25, -0.2) is 0 Å². The van der Waals surface area contributed by atoms with Gasteiger partial charge in [0.05, 0.1) is 6.54 Å². The van der Waals surface area contributed by atoms with Crippen LogP contribution in [-0.2, 0) is 4.79 Å². The third-order valence-electron chi connectivity index (χ3n) is 4.49. The Labute approximate surface area is 105 Å². The van der Waals surface area contributed by atoms with Crippen molar-refractivity contribution < 1.29 is 4.79 Å². The molecule has 2 rings (SSSR count). The lowest BCUT2D eigenvalue weighted by atomic mass is 9.87. The fourth-order valence-electron chi connectivity index (χ4n) is 3.27. The maximum absolute atomic E-state index is 11.8. The molecule has 0 aliphatic heterocycles. The quantitative estimate of drug-likeness (QED) is 0.788. The Kier molecular flexibility index (Phi) is 4.08. The van der Waals surface area contributed by atoms with E-state index in [4.69, 9.17) is 0 Å².